The number of benzene rings is 1. The molecule has 0 spiro atoms. The van der Waals surface area contributed by atoms with E-state index in [2.05, 4.69) is 0 Å². The average Bonchev–Trinajstić information content (AvgIpc) is 2.53. The van der Waals surface area contributed by atoms with Gasteiger partial charge in [-0.05, 0) is 19.1 Å². The lowest BCUT2D eigenvalue weighted by Crippen LogP contribution is -2.54. The highest BCUT2D eigenvalue weighted by Gasteiger charge is 2.39. The second-order valence-electron chi connectivity index (χ2n) is 5.20. The fourth-order valence-corrected chi connectivity index (χ4v) is 3.28. The van der Waals surface area contributed by atoms with Crippen molar-refractivity contribution in [3.63, 3.8) is 0 Å². The van der Waals surface area contributed by atoms with E-state index in [0.29, 0.717) is 6.61 Å². The summed E-state index contributed by atoms with van der Waals surface area (Å²) in [6.45, 7) is 2.35. The third kappa shape index (κ3) is 3.48. The van der Waals surface area contributed by atoms with Gasteiger partial charge in [-0.3, -0.25) is 4.18 Å². The van der Waals surface area contributed by atoms with Gasteiger partial charge in [-0.2, -0.15) is 8.42 Å². The van der Waals surface area contributed by atoms with Crippen LogP contribution < -0.4 is 0 Å². The first-order valence-corrected chi connectivity index (χ1v) is 8.36. The van der Waals surface area contributed by atoms with Crippen LogP contribution in [-0.4, -0.2) is 53.5 Å². The number of rotatable bonds is 4. The molecule has 3 atom stereocenters. The lowest BCUT2D eigenvalue weighted by Gasteiger charge is -2.39. The van der Waals surface area contributed by atoms with Crippen molar-refractivity contribution in [1.29, 1.82) is 0 Å². The van der Waals surface area contributed by atoms with Crippen molar-refractivity contribution in [3.05, 3.63) is 29.8 Å². The van der Waals surface area contributed by atoms with Gasteiger partial charge in [0.2, 0.25) is 0 Å². The van der Waals surface area contributed by atoms with Gasteiger partial charge in [0.25, 0.3) is 10.1 Å². The van der Waals surface area contributed by atoms with Crippen molar-refractivity contribution >= 4 is 10.1 Å². The minimum absolute atomic E-state index is 0.0620. The maximum Gasteiger partial charge on any atom is 0.297 e. The Morgan fingerprint density at radius 1 is 1.14 bits per heavy atom. The first kappa shape index (κ1) is 15.9. The second-order valence-corrected chi connectivity index (χ2v) is 6.82. The van der Waals surface area contributed by atoms with E-state index in [-0.39, 0.29) is 31.2 Å². The minimum Gasteiger partial charge on any atom is -0.353 e. The van der Waals surface area contributed by atoms with Crippen LogP contribution in [0.5, 0.6) is 0 Å². The molecule has 0 N–H and O–H groups in total. The van der Waals surface area contributed by atoms with Gasteiger partial charge in [0, 0.05) is 0 Å². The first-order chi connectivity index (χ1) is 10.6. The molecule has 2 aliphatic heterocycles. The molecule has 2 fully saturated rings. The van der Waals surface area contributed by atoms with Crippen molar-refractivity contribution in [3.8, 4) is 0 Å². The Morgan fingerprint density at radius 3 is 2.68 bits per heavy atom. The highest BCUT2D eigenvalue weighted by Crippen LogP contribution is 2.23. The Bertz CT molecular complexity index is 596. The smallest absolute Gasteiger partial charge is 0.297 e. The zero-order chi connectivity index (χ0) is 15.6. The molecule has 0 bridgehead atoms. The largest absolute Gasteiger partial charge is 0.353 e. The van der Waals surface area contributed by atoms with Gasteiger partial charge in [0.05, 0.1) is 18.1 Å². The molecule has 0 radical (unpaired) electrons. The fourth-order valence-electron chi connectivity index (χ4n) is 2.36. The zero-order valence-electron chi connectivity index (χ0n) is 12.1. The third-order valence-electron chi connectivity index (χ3n) is 3.62. The van der Waals surface area contributed by atoms with Gasteiger partial charge < -0.3 is 18.9 Å². The van der Waals surface area contributed by atoms with Crippen LogP contribution in [0.15, 0.2) is 29.2 Å². The van der Waals surface area contributed by atoms with Crippen molar-refractivity contribution in [2.75, 3.05) is 26.8 Å². The first-order valence-electron chi connectivity index (χ1n) is 6.95. The minimum atomic E-state index is -3.82. The Balaban J connectivity index is 1.64. The Labute approximate surface area is 129 Å². The lowest BCUT2D eigenvalue weighted by molar-refractivity contribution is -0.303. The van der Waals surface area contributed by atoms with Crippen LogP contribution >= 0.6 is 0 Å². The standard InChI is InChI=1S/C14H18O7S/c1-10-2-4-11(5-3-10)22(15,16)21-7-13-14-12(18-9-19-13)6-17-8-20-14/h2-5,12-14H,6-9H2,1H3/t12-,13+,14+/m0/s1. The summed E-state index contributed by atoms with van der Waals surface area (Å²) < 4.78 is 50.8. The predicted octanol–water partition coefficient (Wildman–Crippen LogP) is 0.815. The van der Waals surface area contributed by atoms with E-state index >= 15 is 0 Å². The third-order valence-corrected chi connectivity index (χ3v) is 4.92. The molecule has 0 aliphatic carbocycles. The van der Waals surface area contributed by atoms with Gasteiger partial charge in [0.1, 0.15) is 31.9 Å². The Kier molecular flexibility index (Phi) is 4.76. The van der Waals surface area contributed by atoms with Crippen LogP contribution in [0, 0.1) is 6.92 Å². The molecule has 0 aromatic heterocycles. The molecular weight excluding hydrogens is 312 g/mol. The van der Waals surface area contributed by atoms with Crippen LogP contribution in [0.2, 0.25) is 0 Å². The van der Waals surface area contributed by atoms with Gasteiger partial charge >= 0.3 is 0 Å². The molecule has 0 saturated carbocycles. The van der Waals surface area contributed by atoms with Crippen molar-refractivity contribution in [2.45, 2.75) is 30.1 Å². The normalized spacial score (nSPS) is 29.0. The number of ether oxygens (including phenoxy) is 4. The molecule has 0 amide bonds. The molecule has 1 aromatic rings. The van der Waals surface area contributed by atoms with Crippen LogP contribution in [0.4, 0.5) is 0 Å². The molecule has 7 nitrogen and oxygen atoms in total. The summed E-state index contributed by atoms with van der Waals surface area (Å²) in [5, 5.41) is 0. The number of hydrogen-bond acceptors (Lipinski definition) is 7. The maximum atomic E-state index is 12.2. The van der Waals surface area contributed by atoms with Crippen molar-refractivity contribution < 1.29 is 31.5 Å². The van der Waals surface area contributed by atoms with Crippen molar-refractivity contribution in [1.82, 2.24) is 0 Å². The number of hydrogen-bond donors (Lipinski definition) is 0. The lowest BCUT2D eigenvalue weighted by atomic mass is 10.1. The van der Waals surface area contributed by atoms with Gasteiger partial charge in [0.15, 0.2) is 0 Å². The molecule has 2 saturated heterocycles. The van der Waals surface area contributed by atoms with E-state index < -0.39 is 22.3 Å². The van der Waals surface area contributed by atoms with Crippen LogP contribution in [-0.2, 0) is 33.2 Å². The monoisotopic (exact) mass is 330 g/mol. The van der Waals surface area contributed by atoms with E-state index in [1.807, 2.05) is 6.92 Å². The molecule has 2 heterocycles. The quantitative estimate of drug-likeness (QED) is 0.756. The van der Waals surface area contributed by atoms with Gasteiger partial charge in [-0.25, -0.2) is 0 Å². The Hall–Kier alpha value is -1.03. The highest BCUT2D eigenvalue weighted by molar-refractivity contribution is 7.86. The fraction of sp³-hybridized carbons (Fsp3) is 0.571. The van der Waals surface area contributed by atoms with E-state index in [4.69, 9.17) is 23.1 Å². The maximum absolute atomic E-state index is 12.2. The van der Waals surface area contributed by atoms with E-state index in [1.165, 1.54) is 12.1 Å². The Morgan fingerprint density at radius 2 is 1.91 bits per heavy atom. The summed E-state index contributed by atoms with van der Waals surface area (Å²) in [6, 6.07) is 6.48. The van der Waals surface area contributed by atoms with Gasteiger partial charge in [-0.1, -0.05) is 17.7 Å². The highest BCUT2D eigenvalue weighted by atomic mass is 32.2. The second kappa shape index (κ2) is 6.61. The number of aryl methyl sites for hydroxylation is 1. The SMILES string of the molecule is Cc1ccc(S(=O)(=O)OC[C@H]2OCO[C@H]3COCO[C@H]32)cc1. The predicted molar refractivity (Wildman–Crippen MR) is 74.6 cm³/mol. The summed E-state index contributed by atoms with van der Waals surface area (Å²) in [6.07, 6.45) is -1.17. The molecular formula is C14H18O7S. The molecule has 2 aliphatic rings. The van der Waals surface area contributed by atoms with Crippen LogP contribution in [0.1, 0.15) is 5.56 Å². The summed E-state index contributed by atoms with van der Waals surface area (Å²) in [7, 11) is -3.82. The van der Waals surface area contributed by atoms with E-state index in [9.17, 15) is 8.42 Å². The number of fused-ring (bicyclic) bond motifs is 1. The molecule has 22 heavy (non-hydrogen) atoms. The van der Waals surface area contributed by atoms with E-state index in [0.717, 1.165) is 5.56 Å². The zero-order valence-corrected chi connectivity index (χ0v) is 13.0. The summed E-state index contributed by atoms with van der Waals surface area (Å²) in [4.78, 5) is 0.120. The average molecular weight is 330 g/mol. The summed E-state index contributed by atoms with van der Waals surface area (Å²) >= 11 is 0. The van der Waals surface area contributed by atoms with Crippen LogP contribution in [0.25, 0.3) is 0 Å². The summed E-state index contributed by atoms with van der Waals surface area (Å²) in [5.74, 6) is 0. The molecule has 122 valence electrons. The van der Waals surface area contributed by atoms with Crippen LogP contribution in [0.3, 0.4) is 0 Å². The molecule has 1 aromatic carbocycles. The van der Waals surface area contributed by atoms with Gasteiger partial charge in [-0.15, -0.1) is 0 Å². The molecule has 8 heteroatoms. The summed E-state index contributed by atoms with van der Waals surface area (Å²) in [5.41, 5.74) is 0.977. The molecule has 0 unspecified atom stereocenters. The topological polar surface area (TPSA) is 80.3 Å². The van der Waals surface area contributed by atoms with Crippen molar-refractivity contribution in [2.24, 2.45) is 0 Å². The van der Waals surface area contributed by atoms with E-state index in [1.54, 1.807) is 12.1 Å². The molecule has 3 rings (SSSR count).